The van der Waals surface area contributed by atoms with Gasteiger partial charge in [-0.3, -0.25) is 0 Å². The van der Waals surface area contributed by atoms with Crippen molar-refractivity contribution in [3.05, 3.63) is 76.4 Å². The van der Waals surface area contributed by atoms with Crippen LogP contribution in [0.4, 0.5) is 0 Å². The van der Waals surface area contributed by atoms with Gasteiger partial charge < -0.3 is 14.9 Å². The molecule has 34 heavy (non-hydrogen) atoms. The van der Waals surface area contributed by atoms with E-state index in [0.29, 0.717) is 5.57 Å². The lowest BCUT2D eigenvalue weighted by Crippen LogP contribution is -2.42. The van der Waals surface area contributed by atoms with Crippen LogP contribution >= 0.6 is 0 Å². The minimum absolute atomic E-state index is 0.236. The van der Waals surface area contributed by atoms with Gasteiger partial charge >= 0.3 is 5.97 Å². The Morgan fingerprint density at radius 3 is 1.65 bits per heavy atom. The zero-order valence-corrected chi connectivity index (χ0v) is 21.7. The Labute approximate surface area is 204 Å². The molecule has 0 saturated carbocycles. The van der Waals surface area contributed by atoms with E-state index in [9.17, 15) is 15.0 Å². The van der Waals surface area contributed by atoms with Gasteiger partial charge in [0.2, 0.25) is 0 Å². The second-order valence-electron chi connectivity index (χ2n) is 11.6. The normalized spacial score (nSPS) is 18.3. The molecule has 0 aliphatic carbocycles. The third-order valence-electron chi connectivity index (χ3n) is 6.25. The number of rotatable bonds is 4. The largest absolute Gasteiger partial charge is 0.508 e. The summed E-state index contributed by atoms with van der Waals surface area (Å²) in [5.41, 5.74) is 5.79. The van der Waals surface area contributed by atoms with E-state index >= 15 is 0 Å². The molecule has 0 aromatic heterocycles. The van der Waals surface area contributed by atoms with Gasteiger partial charge in [0.1, 0.15) is 5.75 Å². The molecular weight excluding hydrogens is 424 g/mol. The molecule has 1 fully saturated rings. The molecule has 0 spiro atoms. The van der Waals surface area contributed by atoms with Crippen LogP contribution in [0.2, 0.25) is 0 Å². The van der Waals surface area contributed by atoms with Crippen molar-refractivity contribution in [1.82, 2.24) is 0 Å². The molecule has 0 radical (unpaired) electrons. The van der Waals surface area contributed by atoms with E-state index in [1.807, 2.05) is 45.0 Å². The number of benzene rings is 2. The van der Waals surface area contributed by atoms with Gasteiger partial charge in [0.05, 0.1) is 11.2 Å². The van der Waals surface area contributed by atoms with E-state index < -0.39 is 5.97 Å². The average Bonchev–Trinajstić information content (AvgIpc) is 2.67. The van der Waals surface area contributed by atoms with E-state index in [1.54, 1.807) is 19.1 Å². The molecule has 2 N–H and O–H groups in total. The SMILES string of the molecule is C/C(C(=O)O)=C(\c1ccc(C(=C2CC(C)(C)OC(C)(C)C2)c2ccc(O)cc2)cc1)C(C)(C)C. The molecule has 1 aliphatic heterocycles. The van der Waals surface area contributed by atoms with Crippen molar-refractivity contribution in [3.63, 3.8) is 0 Å². The van der Waals surface area contributed by atoms with Gasteiger partial charge in [-0.05, 0) is 92.8 Å². The molecule has 1 heterocycles. The third-order valence-corrected chi connectivity index (χ3v) is 6.25. The Balaban J connectivity index is 2.20. The highest BCUT2D eigenvalue weighted by molar-refractivity contribution is 5.97. The maximum Gasteiger partial charge on any atom is 0.331 e. The fourth-order valence-electron chi connectivity index (χ4n) is 5.41. The number of phenolic OH excluding ortho intramolecular Hbond substituents is 1. The number of carbonyl (C=O) groups is 1. The predicted octanol–water partition coefficient (Wildman–Crippen LogP) is 7.47. The van der Waals surface area contributed by atoms with Crippen LogP contribution in [0.15, 0.2) is 59.7 Å². The monoisotopic (exact) mass is 462 g/mol. The van der Waals surface area contributed by atoms with Crippen molar-refractivity contribution < 1.29 is 19.7 Å². The molecule has 1 aliphatic rings. The van der Waals surface area contributed by atoms with Gasteiger partial charge in [0.15, 0.2) is 0 Å². The van der Waals surface area contributed by atoms with Gasteiger partial charge in [-0.25, -0.2) is 4.79 Å². The van der Waals surface area contributed by atoms with Gasteiger partial charge in [-0.15, -0.1) is 0 Å². The quantitative estimate of drug-likeness (QED) is 0.463. The highest BCUT2D eigenvalue weighted by Crippen LogP contribution is 2.44. The van der Waals surface area contributed by atoms with Crippen molar-refractivity contribution in [3.8, 4) is 5.75 Å². The summed E-state index contributed by atoms with van der Waals surface area (Å²) in [4.78, 5) is 11.8. The molecule has 3 rings (SSSR count). The predicted molar refractivity (Wildman–Crippen MR) is 139 cm³/mol. The van der Waals surface area contributed by atoms with Crippen LogP contribution in [0.25, 0.3) is 11.1 Å². The summed E-state index contributed by atoms with van der Waals surface area (Å²) >= 11 is 0. The minimum atomic E-state index is -0.896. The number of carboxylic acid groups (broad SMARTS) is 1. The molecule has 182 valence electrons. The van der Waals surface area contributed by atoms with Crippen molar-refractivity contribution in [1.29, 1.82) is 0 Å². The maximum atomic E-state index is 11.8. The molecule has 0 atom stereocenters. The number of carboxylic acids is 1. The summed E-state index contributed by atoms with van der Waals surface area (Å²) in [6.07, 6.45) is 1.61. The molecule has 4 nitrogen and oxygen atoms in total. The number of allylic oxidation sites excluding steroid dienone is 1. The lowest BCUT2D eigenvalue weighted by atomic mass is 9.77. The summed E-state index contributed by atoms with van der Waals surface area (Å²) in [5, 5.41) is 19.5. The first-order valence-electron chi connectivity index (χ1n) is 11.9. The number of hydrogen-bond acceptors (Lipinski definition) is 3. The van der Waals surface area contributed by atoms with Crippen LogP contribution in [-0.4, -0.2) is 27.4 Å². The van der Waals surface area contributed by atoms with Crippen molar-refractivity contribution in [2.75, 3.05) is 0 Å². The zero-order chi connectivity index (χ0) is 25.5. The zero-order valence-electron chi connectivity index (χ0n) is 21.7. The molecule has 4 heteroatoms. The Morgan fingerprint density at radius 2 is 1.24 bits per heavy atom. The average molecular weight is 463 g/mol. The minimum Gasteiger partial charge on any atom is -0.508 e. The van der Waals surface area contributed by atoms with Gasteiger partial charge in [-0.2, -0.15) is 0 Å². The molecule has 0 amide bonds. The number of phenols is 1. The summed E-state index contributed by atoms with van der Waals surface area (Å²) in [7, 11) is 0. The first kappa shape index (κ1) is 25.8. The summed E-state index contributed by atoms with van der Waals surface area (Å²) < 4.78 is 6.33. The van der Waals surface area contributed by atoms with Crippen LogP contribution in [0.1, 0.15) is 84.9 Å². The smallest absolute Gasteiger partial charge is 0.331 e. The number of hydrogen-bond donors (Lipinski definition) is 2. The highest BCUT2D eigenvalue weighted by Gasteiger charge is 2.38. The molecule has 0 bridgehead atoms. The van der Waals surface area contributed by atoms with Crippen LogP contribution < -0.4 is 0 Å². The summed E-state index contributed by atoms with van der Waals surface area (Å²) in [6.45, 7) is 16.3. The van der Waals surface area contributed by atoms with Gasteiger partial charge in [0.25, 0.3) is 0 Å². The number of aromatic hydroxyl groups is 1. The summed E-state index contributed by atoms with van der Waals surface area (Å²) in [6, 6.07) is 15.6. The van der Waals surface area contributed by atoms with Crippen LogP contribution in [0.3, 0.4) is 0 Å². The Morgan fingerprint density at radius 1 is 0.824 bits per heavy atom. The van der Waals surface area contributed by atoms with Crippen LogP contribution in [0.5, 0.6) is 5.75 Å². The Bertz CT molecular complexity index is 1100. The third kappa shape index (κ3) is 5.79. The topological polar surface area (TPSA) is 66.8 Å². The van der Waals surface area contributed by atoms with Crippen molar-refractivity contribution in [2.45, 2.75) is 79.4 Å². The first-order valence-corrected chi connectivity index (χ1v) is 11.9. The van der Waals surface area contributed by atoms with E-state index in [2.05, 4.69) is 39.8 Å². The van der Waals surface area contributed by atoms with E-state index in [4.69, 9.17) is 4.74 Å². The highest BCUT2D eigenvalue weighted by atomic mass is 16.5. The van der Waals surface area contributed by atoms with Crippen LogP contribution in [0, 0.1) is 5.41 Å². The van der Waals surface area contributed by atoms with E-state index in [-0.39, 0.29) is 22.4 Å². The lowest BCUT2D eigenvalue weighted by Gasteiger charge is -2.43. The second-order valence-corrected chi connectivity index (χ2v) is 11.6. The second kappa shape index (κ2) is 9.07. The molecule has 2 aromatic rings. The fourth-order valence-corrected chi connectivity index (χ4v) is 5.41. The standard InChI is InChI=1S/C30H38O4/c1-19(27(32)33)26(28(2,3)4)22-11-9-20(10-12-22)25(21-13-15-24(31)16-14-21)23-17-29(5,6)34-30(7,8)18-23/h9-16,31H,17-18H2,1-8H3,(H,32,33)/b26-19-. The lowest BCUT2D eigenvalue weighted by molar-refractivity contribution is -0.138. The Kier molecular flexibility index (Phi) is 6.87. The van der Waals surface area contributed by atoms with E-state index in [1.165, 1.54) is 5.57 Å². The van der Waals surface area contributed by atoms with E-state index in [0.717, 1.165) is 40.7 Å². The fraction of sp³-hybridized carbons (Fsp3) is 0.433. The van der Waals surface area contributed by atoms with Crippen molar-refractivity contribution >= 4 is 17.1 Å². The number of aliphatic carboxylic acids is 1. The summed E-state index contributed by atoms with van der Waals surface area (Å²) in [5.74, 6) is -0.659. The van der Waals surface area contributed by atoms with Gasteiger partial charge in [0, 0.05) is 5.57 Å². The molecular formula is C30H38O4. The van der Waals surface area contributed by atoms with Crippen LogP contribution in [-0.2, 0) is 9.53 Å². The molecule has 1 saturated heterocycles. The molecule has 0 unspecified atom stereocenters. The van der Waals surface area contributed by atoms with Crippen molar-refractivity contribution in [2.24, 2.45) is 5.41 Å². The first-order chi connectivity index (χ1) is 15.6. The molecule has 2 aromatic carbocycles. The van der Waals surface area contributed by atoms with Gasteiger partial charge in [-0.1, -0.05) is 62.7 Å². The maximum absolute atomic E-state index is 11.8. The number of ether oxygens (including phenoxy) is 1. The Hall–Kier alpha value is -2.85.